The van der Waals surface area contributed by atoms with E-state index >= 15 is 0 Å². The molecule has 0 amide bonds. The van der Waals surface area contributed by atoms with E-state index in [1.807, 2.05) is 6.92 Å². The van der Waals surface area contributed by atoms with Gasteiger partial charge in [0.05, 0.1) is 17.8 Å². The smallest absolute Gasteiger partial charge is 0.283 e. The molecule has 0 saturated heterocycles. The number of nitrogens with one attached hydrogen (secondary N) is 2. The third-order valence-electron chi connectivity index (χ3n) is 2.07. The molecule has 100 valence electrons. The van der Waals surface area contributed by atoms with Crippen LogP contribution in [0.2, 0.25) is 5.02 Å². The number of phenols is 1. The van der Waals surface area contributed by atoms with E-state index in [2.05, 4.69) is 31.2 Å². The molecule has 0 aliphatic carbocycles. The summed E-state index contributed by atoms with van der Waals surface area (Å²) in [5, 5.41) is 26.7. The first kappa shape index (κ1) is 13.1. The van der Waals surface area contributed by atoms with Crippen molar-refractivity contribution in [2.45, 2.75) is 6.92 Å². The Bertz CT molecular complexity index is 572. The minimum Gasteiger partial charge on any atom is -0.503 e. The molecular formula is C10H11ClN6O2. The number of anilines is 1. The first-order valence-corrected chi connectivity index (χ1v) is 5.76. The summed E-state index contributed by atoms with van der Waals surface area (Å²) < 4.78 is 5.25. The molecule has 19 heavy (non-hydrogen) atoms. The van der Waals surface area contributed by atoms with Crippen LogP contribution >= 0.6 is 11.6 Å². The molecule has 0 saturated carbocycles. The molecule has 8 nitrogen and oxygen atoms in total. The summed E-state index contributed by atoms with van der Waals surface area (Å²) in [7, 11) is 0. The molecule has 1 heterocycles. The molecule has 0 fully saturated rings. The van der Waals surface area contributed by atoms with Crippen LogP contribution in [0, 0.1) is 0 Å². The number of rotatable bonds is 5. The normalized spacial score (nSPS) is 10.8. The van der Waals surface area contributed by atoms with Gasteiger partial charge in [0.2, 0.25) is 0 Å². The molecule has 0 radical (unpaired) electrons. The summed E-state index contributed by atoms with van der Waals surface area (Å²) in [6, 6.07) is 3.17. The van der Waals surface area contributed by atoms with E-state index in [4.69, 9.17) is 16.3 Å². The monoisotopic (exact) mass is 282 g/mol. The Morgan fingerprint density at radius 1 is 1.58 bits per heavy atom. The number of hydrogen-bond donors (Lipinski definition) is 3. The maximum atomic E-state index is 9.68. The number of ether oxygens (including phenoxy) is 1. The van der Waals surface area contributed by atoms with E-state index in [1.54, 1.807) is 12.1 Å². The highest BCUT2D eigenvalue weighted by molar-refractivity contribution is 6.32. The Labute approximate surface area is 113 Å². The number of benzene rings is 1. The number of hydrazone groups is 1. The first-order chi connectivity index (χ1) is 9.20. The number of hydrogen-bond acceptors (Lipinski definition) is 7. The SMILES string of the molecule is CCOc1cc(/C=N\Nc2nn[nH]n2)cc(Cl)c1O. The summed E-state index contributed by atoms with van der Waals surface area (Å²) in [6.07, 6.45) is 1.49. The summed E-state index contributed by atoms with van der Waals surface area (Å²) in [5.74, 6) is 0.453. The van der Waals surface area contributed by atoms with Crippen LogP contribution in [0.4, 0.5) is 5.95 Å². The molecule has 1 aromatic carbocycles. The first-order valence-electron chi connectivity index (χ1n) is 5.38. The fourth-order valence-electron chi connectivity index (χ4n) is 1.31. The number of aromatic nitrogens is 4. The van der Waals surface area contributed by atoms with Gasteiger partial charge in [-0.15, -0.1) is 5.10 Å². The summed E-state index contributed by atoms with van der Waals surface area (Å²) in [5.41, 5.74) is 3.22. The van der Waals surface area contributed by atoms with Crippen molar-refractivity contribution >= 4 is 23.8 Å². The second-order valence-corrected chi connectivity index (χ2v) is 3.80. The predicted octanol–water partition coefficient (Wildman–Crippen LogP) is 1.40. The summed E-state index contributed by atoms with van der Waals surface area (Å²) in [6.45, 7) is 2.23. The molecule has 2 rings (SSSR count). The minimum atomic E-state index is -0.0909. The molecule has 0 atom stereocenters. The number of tetrazole rings is 1. The van der Waals surface area contributed by atoms with Crippen molar-refractivity contribution in [3.63, 3.8) is 0 Å². The maximum Gasteiger partial charge on any atom is 0.283 e. The van der Waals surface area contributed by atoms with Crippen molar-refractivity contribution < 1.29 is 9.84 Å². The highest BCUT2D eigenvalue weighted by Crippen LogP contribution is 2.34. The number of H-pyrrole nitrogens is 1. The predicted molar refractivity (Wildman–Crippen MR) is 69.7 cm³/mol. The largest absolute Gasteiger partial charge is 0.503 e. The lowest BCUT2D eigenvalue weighted by Crippen LogP contribution is -1.96. The molecule has 2 aromatic rings. The van der Waals surface area contributed by atoms with Gasteiger partial charge in [0.25, 0.3) is 5.95 Å². The number of aromatic amines is 1. The van der Waals surface area contributed by atoms with Gasteiger partial charge in [-0.3, -0.25) is 0 Å². The van der Waals surface area contributed by atoms with Crippen LogP contribution in [-0.2, 0) is 0 Å². The average Bonchev–Trinajstić information content (AvgIpc) is 2.89. The van der Waals surface area contributed by atoms with E-state index in [0.29, 0.717) is 17.9 Å². The van der Waals surface area contributed by atoms with Gasteiger partial charge in [0.15, 0.2) is 11.5 Å². The Hall–Kier alpha value is -2.35. The van der Waals surface area contributed by atoms with Crippen LogP contribution < -0.4 is 10.2 Å². The molecule has 0 bridgehead atoms. The quantitative estimate of drug-likeness (QED) is 0.565. The van der Waals surface area contributed by atoms with Crippen molar-refractivity contribution in [1.82, 2.24) is 20.6 Å². The van der Waals surface area contributed by atoms with Crippen LogP contribution in [0.1, 0.15) is 12.5 Å². The number of halogens is 1. The number of aromatic hydroxyl groups is 1. The number of phenolic OH excluding ortho intramolecular Hbond substituents is 1. The van der Waals surface area contributed by atoms with E-state index in [-0.39, 0.29) is 16.7 Å². The van der Waals surface area contributed by atoms with Gasteiger partial charge in [-0.1, -0.05) is 16.7 Å². The van der Waals surface area contributed by atoms with E-state index in [0.717, 1.165) is 0 Å². The standard InChI is InChI=1S/C10H11ClN6O2/c1-2-19-8-4-6(3-7(11)9(8)18)5-12-13-10-14-16-17-15-10/h3-5,18H,2H2,1H3,(H2,13,14,15,16,17)/b12-5-. The van der Waals surface area contributed by atoms with E-state index in [1.165, 1.54) is 6.21 Å². The Kier molecular flexibility index (Phi) is 4.14. The second kappa shape index (κ2) is 6.01. The Morgan fingerprint density at radius 3 is 3.11 bits per heavy atom. The summed E-state index contributed by atoms with van der Waals surface area (Å²) >= 11 is 5.88. The topological polar surface area (TPSA) is 108 Å². The van der Waals surface area contributed by atoms with Gasteiger partial charge in [-0.05, 0) is 29.8 Å². The maximum absolute atomic E-state index is 9.68. The van der Waals surface area contributed by atoms with Crippen molar-refractivity contribution in [3.8, 4) is 11.5 Å². The Balaban J connectivity index is 2.13. The van der Waals surface area contributed by atoms with Crippen molar-refractivity contribution in [3.05, 3.63) is 22.7 Å². The van der Waals surface area contributed by atoms with Gasteiger partial charge < -0.3 is 9.84 Å². The Morgan fingerprint density at radius 2 is 2.42 bits per heavy atom. The van der Waals surface area contributed by atoms with Crippen molar-refractivity contribution in [2.75, 3.05) is 12.0 Å². The van der Waals surface area contributed by atoms with E-state index in [9.17, 15) is 5.11 Å². The average molecular weight is 283 g/mol. The highest BCUT2D eigenvalue weighted by Gasteiger charge is 2.08. The fourth-order valence-corrected chi connectivity index (χ4v) is 1.53. The molecule has 0 aliphatic heterocycles. The summed E-state index contributed by atoms with van der Waals surface area (Å²) in [4.78, 5) is 0. The lowest BCUT2D eigenvalue weighted by Gasteiger charge is -2.07. The third kappa shape index (κ3) is 3.32. The van der Waals surface area contributed by atoms with Gasteiger partial charge in [0.1, 0.15) is 0 Å². The van der Waals surface area contributed by atoms with Crippen LogP contribution in [0.15, 0.2) is 17.2 Å². The van der Waals surface area contributed by atoms with Gasteiger partial charge in [-0.2, -0.15) is 10.3 Å². The van der Waals surface area contributed by atoms with Crippen LogP contribution in [-0.4, -0.2) is 38.6 Å². The zero-order valence-electron chi connectivity index (χ0n) is 9.96. The highest BCUT2D eigenvalue weighted by atomic mass is 35.5. The number of nitrogens with zero attached hydrogens (tertiary/aromatic N) is 4. The fraction of sp³-hybridized carbons (Fsp3) is 0.200. The molecule has 3 N–H and O–H groups in total. The second-order valence-electron chi connectivity index (χ2n) is 3.39. The molecule has 1 aromatic heterocycles. The van der Waals surface area contributed by atoms with Gasteiger partial charge >= 0.3 is 0 Å². The molecule has 0 spiro atoms. The molecule has 0 unspecified atom stereocenters. The molecule has 0 aliphatic rings. The zero-order chi connectivity index (χ0) is 13.7. The zero-order valence-corrected chi connectivity index (χ0v) is 10.7. The van der Waals surface area contributed by atoms with Crippen LogP contribution in [0.5, 0.6) is 11.5 Å². The lowest BCUT2D eigenvalue weighted by molar-refractivity contribution is 0.318. The van der Waals surface area contributed by atoms with Gasteiger partial charge in [0, 0.05) is 0 Å². The van der Waals surface area contributed by atoms with Gasteiger partial charge in [-0.25, -0.2) is 5.43 Å². The van der Waals surface area contributed by atoms with Crippen LogP contribution in [0.3, 0.4) is 0 Å². The molecular weight excluding hydrogens is 272 g/mol. The van der Waals surface area contributed by atoms with Crippen molar-refractivity contribution in [1.29, 1.82) is 0 Å². The molecule has 9 heteroatoms. The lowest BCUT2D eigenvalue weighted by atomic mass is 10.2. The minimum absolute atomic E-state index is 0.0909. The van der Waals surface area contributed by atoms with Crippen LogP contribution in [0.25, 0.3) is 0 Å². The third-order valence-corrected chi connectivity index (χ3v) is 2.36. The van der Waals surface area contributed by atoms with E-state index < -0.39 is 0 Å². The van der Waals surface area contributed by atoms with Crippen molar-refractivity contribution in [2.24, 2.45) is 5.10 Å².